The molecule has 1 aromatic heterocycles. The van der Waals surface area contributed by atoms with E-state index in [1.54, 1.807) is 18.7 Å². The molecule has 0 unspecified atom stereocenters. The van der Waals surface area contributed by atoms with Crippen molar-refractivity contribution in [1.29, 1.82) is 0 Å². The van der Waals surface area contributed by atoms with Crippen molar-refractivity contribution in [2.75, 3.05) is 5.73 Å². The smallest absolute Gasteiger partial charge is 0.140 e. The standard InChI is InChI=1S/C11H11F2N3S/c1-6-10(14)11(16(2)15-6)17-9-4-3-7(12)5-8(9)13/h3-5H,14H2,1-2H3. The number of anilines is 1. The lowest BCUT2D eigenvalue weighted by Gasteiger charge is -2.04. The highest BCUT2D eigenvalue weighted by atomic mass is 32.2. The molecule has 0 atom stereocenters. The number of benzene rings is 1. The SMILES string of the molecule is Cc1nn(C)c(Sc2ccc(F)cc2F)c1N. The number of nitrogen functional groups attached to an aromatic ring is 1. The van der Waals surface area contributed by atoms with Crippen LogP contribution in [0.2, 0.25) is 0 Å². The average Bonchev–Trinajstić information content (AvgIpc) is 2.48. The molecule has 2 aromatic rings. The minimum absolute atomic E-state index is 0.320. The molecule has 17 heavy (non-hydrogen) atoms. The van der Waals surface area contributed by atoms with E-state index in [2.05, 4.69) is 5.10 Å². The lowest BCUT2D eigenvalue weighted by Crippen LogP contribution is -1.94. The number of nitrogens with two attached hydrogens (primary N) is 1. The minimum atomic E-state index is -0.603. The van der Waals surface area contributed by atoms with Crippen molar-refractivity contribution in [3.05, 3.63) is 35.5 Å². The summed E-state index contributed by atoms with van der Waals surface area (Å²) in [6.07, 6.45) is 0. The highest BCUT2D eigenvalue weighted by Gasteiger charge is 2.14. The summed E-state index contributed by atoms with van der Waals surface area (Å²) in [5, 5.41) is 4.77. The average molecular weight is 255 g/mol. The summed E-state index contributed by atoms with van der Waals surface area (Å²) < 4.78 is 27.8. The van der Waals surface area contributed by atoms with Gasteiger partial charge in [-0.3, -0.25) is 4.68 Å². The molecule has 0 fully saturated rings. The molecule has 0 spiro atoms. The molecule has 0 aliphatic carbocycles. The van der Waals surface area contributed by atoms with E-state index in [-0.39, 0.29) is 0 Å². The van der Waals surface area contributed by atoms with Gasteiger partial charge in [0.05, 0.1) is 11.4 Å². The van der Waals surface area contributed by atoms with Crippen molar-refractivity contribution in [3.8, 4) is 0 Å². The Labute approximate surface area is 102 Å². The Bertz CT molecular complexity index is 566. The Hall–Kier alpha value is -1.56. The predicted molar refractivity (Wildman–Crippen MR) is 62.8 cm³/mol. The van der Waals surface area contributed by atoms with Crippen LogP contribution in [0.5, 0.6) is 0 Å². The fourth-order valence-corrected chi connectivity index (χ4v) is 2.37. The maximum absolute atomic E-state index is 13.5. The minimum Gasteiger partial charge on any atom is -0.395 e. The van der Waals surface area contributed by atoms with E-state index in [1.807, 2.05) is 0 Å². The van der Waals surface area contributed by atoms with Crippen LogP contribution in [0.1, 0.15) is 5.69 Å². The maximum Gasteiger partial charge on any atom is 0.140 e. The van der Waals surface area contributed by atoms with Crippen LogP contribution in [0.25, 0.3) is 0 Å². The molecule has 0 radical (unpaired) electrons. The summed E-state index contributed by atoms with van der Waals surface area (Å²) in [7, 11) is 1.73. The first kappa shape index (κ1) is 11.9. The molecule has 3 nitrogen and oxygen atoms in total. The zero-order valence-electron chi connectivity index (χ0n) is 9.37. The third kappa shape index (κ3) is 2.26. The third-order valence-corrected chi connectivity index (χ3v) is 3.54. The fraction of sp³-hybridized carbons (Fsp3) is 0.182. The van der Waals surface area contributed by atoms with Crippen molar-refractivity contribution < 1.29 is 8.78 Å². The van der Waals surface area contributed by atoms with Gasteiger partial charge in [0.2, 0.25) is 0 Å². The molecule has 6 heteroatoms. The largest absolute Gasteiger partial charge is 0.395 e. The van der Waals surface area contributed by atoms with Gasteiger partial charge in [-0.1, -0.05) is 11.8 Å². The zero-order chi connectivity index (χ0) is 12.6. The lowest BCUT2D eigenvalue weighted by atomic mass is 10.3. The van der Waals surface area contributed by atoms with Gasteiger partial charge in [0.15, 0.2) is 0 Å². The molecule has 0 aliphatic rings. The highest BCUT2D eigenvalue weighted by Crippen LogP contribution is 2.34. The molecule has 0 saturated carbocycles. The van der Waals surface area contributed by atoms with Crippen LogP contribution >= 0.6 is 11.8 Å². The molecular weight excluding hydrogens is 244 g/mol. The van der Waals surface area contributed by atoms with Gasteiger partial charge in [0.25, 0.3) is 0 Å². The molecule has 0 aliphatic heterocycles. The van der Waals surface area contributed by atoms with Crippen LogP contribution < -0.4 is 5.73 Å². The molecule has 2 rings (SSSR count). The van der Waals surface area contributed by atoms with Crippen LogP contribution in [0.15, 0.2) is 28.1 Å². The first-order valence-corrected chi connectivity index (χ1v) is 5.72. The van der Waals surface area contributed by atoms with Crippen LogP contribution in [0, 0.1) is 18.6 Å². The van der Waals surface area contributed by atoms with Crippen molar-refractivity contribution in [1.82, 2.24) is 9.78 Å². The lowest BCUT2D eigenvalue weighted by molar-refractivity contribution is 0.565. The van der Waals surface area contributed by atoms with Gasteiger partial charge < -0.3 is 5.73 Å². The second-order valence-electron chi connectivity index (χ2n) is 3.60. The van der Waals surface area contributed by atoms with Crippen LogP contribution in [0.3, 0.4) is 0 Å². The Kier molecular flexibility index (Phi) is 3.06. The topological polar surface area (TPSA) is 43.8 Å². The fourth-order valence-electron chi connectivity index (χ4n) is 1.44. The van der Waals surface area contributed by atoms with E-state index in [4.69, 9.17) is 5.73 Å². The number of hydrogen-bond acceptors (Lipinski definition) is 3. The van der Waals surface area contributed by atoms with Crippen molar-refractivity contribution in [2.24, 2.45) is 7.05 Å². The summed E-state index contributed by atoms with van der Waals surface area (Å²) >= 11 is 1.13. The van der Waals surface area contributed by atoms with Gasteiger partial charge in [0.1, 0.15) is 16.7 Å². The summed E-state index contributed by atoms with van der Waals surface area (Å²) in [4.78, 5) is 0.320. The van der Waals surface area contributed by atoms with Crippen LogP contribution in [-0.4, -0.2) is 9.78 Å². The summed E-state index contributed by atoms with van der Waals surface area (Å²) in [6, 6.07) is 3.45. The highest BCUT2D eigenvalue weighted by molar-refractivity contribution is 7.99. The first-order chi connectivity index (χ1) is 7.99. The molecule has 0 saturated heterocycles. The van der Waals surface area contributed by atoms with Crippen LogP contribution in [0.4, 0.5) is 14.5 Å². The number of rotatable bonds is 2. The van der Waals surface area contributed by atoms with Gasteiger partial charge >= 0.3 is 0 Å². The van der Waals surface area contributed by atoms with Crippen molar-refractivity contribution in [2.45, 2.75) is 16.8 Å². The van der Waals surface area contributed by atoms with Gasteiger partial charge in [-0.25, -0.2) is 8.78 Å². The molecular formula is C11H11F2N3S. The van der Waals surface area contributed by atoms with E-state index in [0.717, 1.165) is 17.8 Å². The van der Waals surface area contributed by atoms with Crippen molar-refractivity contribution in [3.63, 3.8) is 0 Å². The summed E-state index contributed by atoms with van der Waals surface area (Å²) in [6.45, 7) is 1.78. The van der Waals surface area contributed by atoms with E-state index in [0.29, 0.717) is 21.3 Å². The number of halogens is 2. The molecule has 0 amide bonds. The predicted octanol–water partition coefficient (Wildman–Crippen LogP) is 2.74. The van der Waals surface area contributed by atoms with E-state index >= 15 is 0 Å². The van der Waals surface area contributed by atoms with E-state index in [9.17, 15) is 8.78 Å². The normalized spacial score (nSPS) is 10.8. The zero-order valence-corrected chi connectivity index (χ0v) is 10.2. The maximum atomic E-state index is 13.5. The number of aromatic nitrogens is 2. The van der Waals surface area contributed by atoms with E-state index in [1.165, 1.54) is 12.1 Å². The Balaban J connectivity index is 2.38. The number of nitrogens with zero attached hydrogens (tertiary/aromatic N) is 2. The quantitative estimate of drug-likeness (QED) is 0.897. The Morgan fingerprint density at radius 1 is 1.35 bits per heavy atom. The molecule has 2 N–H and O–H groups in total. The summed E-state index contributed by atoms with van der Waals surface area (Å²) in [5.41, 5.74) is 7.04. The molecule has 90 valence electrons. The van der Waals surface area contributed by atoms with Gasteiger partial charge in [-0.2, -0.15) is 5.10 Å². The number of aryl methyl sites for hydroxylation is 2. The Morgan fingerprint density at radius 2 is 2.06 bits per heavy atom. The molecule has 0 bridgehead atoms. The summed E-state index contributed by atoms with van der Waals surface area (Å²) in [5.74, 6) is -1.20. The second kappa shape index (κ2) is 4.37. The number of hydrogen-bond donors (Lipinski definition) is 1. The van der Waals surface area contributed by atoms with Crippen LogP contribution in [-0.2, 0) is 7.05 Å². The first-order valence-electron chi connectivity index (χ1n) is 4.91. The van der Waals surface area contributed by atoms with Gasteiger partial charge in [-0.15, -0.1) is 0 Å². The van der Waals surface area contributed by atoms with Gasteiger partial charge in [0, 0.05) is 18.0 Å². The monoisotopic (exact) mass is 255 g/mol. The molecule has 1 heterocycles. The van der Waals surface area contributed by atoms with E-state index < -0.39 is 11.6 Å². The molecule has 1 aromatic carbocycles. The van der Waals surface area contributed by atoms with Crippen molar-refractivity contribution >= 4 is 17.4 Å². The second-order valence-corrected chi connectivity index (χ2v) is 4.64. The third-order valence-electron chi connectivity index (χ3n) is 2.31. The Morgan fingerprint density at radius 3 is 2.59 bits per heavy atom. The van der Waals surface area contributed by atoms with Gasteiger partial charge in [-0.05, 0) is 19.1 Å².